The molecule has 1 unspecified atom stereocenters. The van der Waals surface area contributed by atoms with Crippen LogP contribution in [0.3, 0.4) is 0 Å². The van der Waals surface area contributed by atoms with Crippen molar-refractivity contribution < 1.29 is 18.3 Å². The first-order valence-corrected chi connectivity index (χ1v) is 7.65. The number of rotatable bonds is 6. The van der Waals surface area contributed by atoms with Gasteiger partial charge in [0.2, 0.25) is 0 Å². The molecule has 0 fully saturated rings. The van der Waals surface area contributed by atoms with Crippen LogP contribution in [0.2, 0.25) is 0 Å². The minimum Gasteiger partial charge on any atom is -0.480 e. The first-order chi connectivity index (χ1) is 9.09. The van der Waals surface area contributed by atoms with Crippen LogP contribution in [0.4, 0.5) is 0 Å². The molecule has 20 heavy (non-hydrogen) atoms. The maximum Gasteiger partial charge on any atom is 0.322 e. The van der Waals surface area contributed by atoms with E-state index in [1.807, 2.05) is 6.07 Å². The lowest BCUT2D eigenvalue weighted by atomic mass is 10.1. The summed E-state index contributed by atoms with van der Waals surface area (Å²) in [6, 6.07) is 7.65. The van der Waals surface area contributed by atoms with E-state index in [1.54, 1.807) is 45.0 Å². The molecule has 0 aromatic heterocycles. The Balaban J connectivity index is 2.81. The molecule has 0 heterocycles. The highest BCUT2D eigenvalue weighted by Gasteiger charge is 2.27. The Bertz CT molecular complexity index is 549. The zero-order valence-corrected chi connectivity index (χ0v) is 12.6. The third-order valence-corrected chi connectivity index (χ3v) is 3.79. The lowest BCUT2D eigenvalue weighted by Gasteiger charge is -2.22. The largest absolute Gasteiger partial charge is 0.480 e. The van der Waals surface area contributed by atoms with E-state index in [4.69, 9.17) is 5.11 Å². The summed E-state index contributed by atoms with van der Waals surface area (Å²) in [6.07, 6.45) is 0.0845. The van der Waals surface area contributed by atoms with Crippen LogP contribution in [-0.2, 0) is 21.4 Å². The average molecular weight is 300 g/mol. The Kier molecular flexibility index (Phi) is 5.27. The van der Waals surface area contributed by atoms with Crippen molar-refractivity contribution in [3.8, 4) is 0 Å². The summed E-state index contributed by atoms with van der Waals surface area (Å²) >= 11 is 0. The van der Waals surface area contributed by atoms with Crippen LogP contribution in [0, 0.1) is 0 Å². The molecule has 0 aliphatic carbocycles. The molecule has 1 aromatic carbocycles. The lowest BCUT2D eigenvalue weighted by Crippen LogP contribution is -2.52. The molecule has 0 saturated heterocycles. The normalized spacial score (nSPS) is 13.9. The van der Waals surface area contributed by atoms with Crippen molar-refractivity contribution in [1.29, 1.82) is 0 Å². The van der Waals surface area contributed by atoms with Gasteiger partial charge < -0.3 is 5.11 Å². The van der Waals surface area contributed by atoms with Gasteiger partial charge in [0.05, 0.1) is 0 Å². The SMILES string of the molecule is CC(C)(C)NS(=O)(=O)NC(Cc1ccccc1)C(=O)O. The Labute approximate surface area is 119 Å². The highest BCUT2D eigenvalue weighted by atomic mass is 32.2. The van der Waals surface area contributed by atoms with Gasteiger partial charge in [-0.1, -0.05) is 30.3 Å². The van der Waals surface area contributed by atoms with E-state index in [2.05, 4.69) is 9.44 Å². The smallest absolute Gasteiger partial charge is 0.322 e. The molecule has 1 aromatic rings. The second-order valence-corrected chi connectivity index (χ2v) is 7.00. The van der Waals surface area contributed by atoms with E-state index >= 15 is 0 Å². The fraction of sp³-hybridized carbons (Fsp3) is 0.462. The molecule has 0 amide bonds. The summed E-state index contributed by atoms with van der Waals surface area (Å²) in [5, 5.41) is 9.14. The quantitative estimate of drug-likeness (QED) is 0.727. The van der Waals surface area contributed by atoms with Crippen molar-refractivity contribution in [2.24, 2.45) is 0 Å². The molecule has 0 aliphatic heterocycles. The lowest BCUT2D eigenvalue weighted by molar-refractivity contribution is -0.138. The number of carboxylic acid groups (broad SMARTS) is 1. The summed E-state index contributed by atoms with van der Waals surface area (Å²) in [7, 11) is -3.88. The minimum atomic E-state index is -3.88. The molecule has 0 radical (unpaired) electrons. The summed E-state index contributed by atoms with van der Waals surface area (Å²) in [5.74, 6) is -1.21. The third kappa shape index (κ3) is 6.14. The molecule has 0 aliphatic rings. The molecule has 3 N–H and O–H groups in total. The van der Waals surface area contributed by atoms with Crippen molar-refractivity contribution in [1.82, 2.24) is 9.44 Å². The van der Waals surface area contributed by atoms with E-state index in [1.165, 1.54) is 0 Å². The van der Waals surface area contributed by atoms with Gasteiger partial charge in [-0.25, -0.2) is 0 Å². The van der Waals surface area contributed by atoms with Crippen LogP contribution in [-0.4, -0.2) is 31.1 Å². The van der Waals surface area contributed by atoms with Crippen molar-refractivity contribution in [3.63, 3.8) is 0 Å². The van der Waals surface area contributed by atoms with E-state index in [9.17, 15) is 13.2 Å². The number of nitrogens with one attached hydrogen (secondary N) is 2. The van der Waals surface area contributed by atoms with Crippen molar-refractivity contribution in [3.05, 3.63) is 35.9 Å². The van der Waals surface area contributed by atoms with Gasteiger partial charge in [-0.05, 0) is 32.8 Å². The fourth-order valence-electron chi connectivity index (χ4n) is 1.65. The molecule has 6 nitrogen and oxygen atoms in total. The molecule has 112 valence electrons. The predicted molar refractivity (Wildman–Crippen MR) is 76.5 cm³/mol. The van der Waals surface area contributed by atoms with Crippen molar-refractivity contribution >= 4 is 16.2 Å². The first kappa shape index (κ1) is 16.6. The molecule has 1 atom stereocenters. The van der Waals surface area contributed by atoms with Crippen LogP contribution in [0.5, 0.6) is 0 Å². The van der Waals surface area contributed by atoms with Gasteiger partial charge in [-0.2, -0.15) is 17.9 Å². The number of hydrogen-bond acceptors (Lipinski definition) is 3. The van der Waals surface area contributed by atoms with Gasteiger partial charge in [0, 0.05) is 5.54 Å². The number of aliphatic carboxylic acids is 1. The van der Waals surface area contributed by atoms with Gasteiger partial charge in [0.15, 0.2) is 0 Å². The number of hydrogen-bond donors (Lipinski definition) is 3. The van der Waals surface area contributed by atoms with Crippen LogP contribution in [0.15, 0.2) is 30.3 Å². The third-order valence-electron chi connectivity index (χ3n) is 2.32. The Morgan fingerprint density at radius 1 is 1.25 bits per heavy atom. The summed E-state index contributed by atoms with van der Waals surface area (Å²) < 4.78 is 28.3. The Morgan fingerprint density at radius 2 is 1.80 bits per heavy atom. The molecule has 0 spiro atoms. The van der Waals surface area contributed by atoms with E-state index < -0.39 is 27.8 Å². The highest BCUT2D eigenvalue weighted by Crippen LogP contribution is 2.06. The Hall–Kier alpha value is -1.44. The average Bonchev–Trinajstić information content (AvgIpc) is 2.25. The predicted octanol–water partition coefficient (Wildman–Crippen LogP) is 0.905. The minimum absolute atomic E-state index is 0.0845. The number of benzene rings is 1. The molecule has 0 saturated carbocycles. The van der Waals surface area contributed by atoms with E-state index in [0.717, 1.165) is 5.56 Å². The number of carbonyl (C=O) groups is 1. The second kappa shape index (κ2) is 6.34. The summed E-state index contributed by atoms with van der Waals surface area (Å²) in [5.41, 5.74) is 0.0695. The van der Waals surface area contributed by atoms with Crippen molar-refractivity contribution in [2.45, 2.75) is 38.8 Å². The highest BCUT2D eigenvalue weighted by molar-refractivity contribution is 7.87. The van der Waals surface area contributed by atoms with Gasteiger partial charge in [0.25, 0.3) is 10.2 Å². The second-order valence-electron chi connectivity index (χ2n) is 5.55. The van der Waals surface area contributed by atoms with Gasteiger partial charge in [-0.15, -0.1) is 0 Å². The van der Waals surface area contributed by atoms with Gasteiger partial charge in [-0.3, -0.25) is 4.79 Å². The first-order valence-electron chi connectivity index (χ1n) is 6.17. The van der Waals surface area contributed by atoms with Gasteiger partial charge >= 0.3 is 5.97 Å². The molecule has 0 bridgehead atoms. The zero-order chi connectivity index (χ0) is 15.4. The molecule has 1 rings (SSSR count). The van der Waals surface area contributed by atoms with Crippen LogP contribution in [0.1, 0.15) is 26.3 Å². The molecular weight excluding hydrogens is 280 g/mol. The van der Waals surface area contributed by atoms with Crippen molar-refractivity contribution in [2.75, 3.05) is 0 Å². The van der Waals surface area contributed by atoms with Crippen LogP contribution < -0.4 is 9.44 Å². The monoisotopic (exact) mass is 300 g/mol. The molecular formula is C13H20N2O4S. The fourth-order valence-corrected chi connectivity index (χ4v) is 3.07. The van der Waals surface area contributed by atoms with Crippen LogP contribution in [0.25, 0.3) is 0 Å². The van der Waals surface area contributed by atoms with Gasteiger partial charge in [0.1, 0.15) is 6.04 Å². The topological polar surface area (TPSA) is 95.5 Å². The zero-order valence-electron chi connectivity index (χ0n) is 11.8. The maximum atomic E-state index is 11.9. The van der Waals surface area contributed by atoms with E-state index in [0.29, 0.717) is 0 Å². The standard InChI is InChI=1S/C13H20N2O4S/c1-13(2,3)15-20(18,19)14-11(12(16)17)9-10-7-5-4-6-8-10/h4-8,11,14-15H,9H2,1-3H3,(H,16,17). The van der Waals surface area contributed by atoms with Crippen LogP contribution >= 0.6 is 0 Å². The summed E-state index contributed by atoms with van der Waals surface area (Å²) in [6.45, 7) is 5.04. The Morgan fingerprint density at radius 3 is 2.25 bits per heavy atom. The molecule has 7 heteroatoms. The summed E-state index contributed by atoms with van der Waals surface area (Å²) in [4.78, 5) is 11.2. The van der Waals surface area contributed by atoms with E-state index in [-0.39, 0.29) is 6.42 Å². The number of carboxylic acids is 1. The maximum absolute atomic E-state index is 11.9.